The first-order chi connectivity index (χ1) is 14.8. The van der Waals surface area contributed by atoms with Crippen molar-refractivity contribution in [3.8, 4) is 11.5 Å². The van der Waals surface area contributed by atoms with Gasteiger partial charge in [0.15, 0.2) is 6.10 Å². The van der Waals surface area contributed by atoms with Crippen molar-refractivity contribution in [3.63, 3.8) is 0 Å². The summed E-state index contributed by atoms with van der Waals surface area (Å²) in [4.78, 5) is 11.2. The van der Waals surface area contributed by atoms with Gasteiger partial charge in [-0.1, -0.05) is 45.0 Å². The highest BCUT2D eigenvalue weighted by atomic mass is 35.5. The van der Waals surface area contributed by atoms with E-state index >= 15 is 0 Å². The second kappa shape index (κ2) is 12.0. The summed E-state index contributed by atoms with van der Waals surface area (Å²) in [5.74, 6) is 2.11. The van der Waals surface area contributed by atoms with E-state index in [1.54, 1.807) is 7.11 Å². The topological polar surface area (TPSA) is 54.0 Å². The maximum atomic E-state index is 11.2. The normalized spacial score (nSPS) is 13.4. The Balaban J connectivity index is 2.01. The Bertz CT molecular complexity index is 802. The first-order valence-electron chi connectivity index (χ1n) is 10.4. The third-order valence-corrected chi connectivity index (χ3v) is 5.60. The molecule has 0 aromatic heterocycles. The van der Waals surface area contributed by atoms with Crippen LogP contribution >= 0.6 is 11.6 Å². The summed E-state index contributed by atoms with van der Waals surface area (Å²) in [6.07, 6.45) is -0.438. The molecule has 0 fully saturated rings. The van der Waals surface area contributed by atoms with E-state index in [0.29, 0.717) is 24.2 Å². The molecule has 0 heterocycles. The number of alkyl halides is 1. The molecule has 2 unspecified atom stereocenters. The highest BCUT2D eigenvalue weighted by Gasteiger charge is 2.23. The summed E-state index contributed by atoms with van der Waals surface area (Å²) >= 11 is 5.84. The third-order valence-electron chi connectivity index (χ3n) is 5.07. The molecule has 6 heteroatoms. The maximum absolute atomic E-state index is 11.2. The SMILES string of the molecule is COCC(COc1ccc(C(C)(C)c2ccc(OCC(C)CCl)cc2)cc1)OC(C)=O. The lowest BCUT2D eigenvalue weighted by Gasteiger charge is -2.26. The van der Waals surface area contributed by atoms with Crippen molar-refractivity contribution < 1.29 is 23.7 Å². The fourth-order valence-electron chi connectivity index (χ4n) is 3.11. The minimum Gasteiger partial charge on any atom is -0.493 e. The summed E-state index contributed by atoms with van der Waals surface area (Å²) in [7, 11) is 1.56. The zero-order chi connectivity index (χ0) is 22.9. The van der Waals surface area contributed by atoms with Gasteiger partial charge >= 0.3 is 5.97 Å². The number of methoxy groups -OCH3 is 1. The minimum absolute atomic E-state index is 0.184. The molecule has 0 bridgehead atoms. The number of ether oxygens (including phenoxy) is 4. The molecule has 0 radical (unpaired) electrons. The van der Waals surface area contributed by atoms with Gasteiger partial charge in [0, 0.05) is 31.2 Å². The van der Waals surface area contributed by atoms with Crippen LogP contribution in [-0.2, 0) is 19.7 Å². The maximum Gasteiger partial charge on any atom is 0.303 e. The van der Waals surface area contributed by atoms with Gasteiger partial charge in [0.1, 0.15) is 18.1 Å². The number of carbonyl (C=O) groups excluding carboxylic acids is 1. The Labute approximate surface area is 190 Å². The van der Waals surface area contributed by atoms with Gasteiger partial charge < -0.3 is 18.9 Å². The lowest BCUT2D eigenvalue weighted by atomic mass is 9.78. The van der Waals surface area contributed by atoms with Crippen LogP contribution in [0.4, 0.5) is 0 Å². The van der Waals surface area contributed by atoms with Gasteiger partial charge in [0.2, 0.25) is 0 Å². The van der Waals surface area contributed by atoms with Gasteiger partial charge in [0.05, 0.1) is 13.2 Å². The first kappa shape index (κ1) is 25.0. The Morgan fingerprint density at radius 3 is 1.81 bits per heavy atom. The molecule has 0 amide bonds. The Morgan fingerprint density at radius 2 is 1.39 bits per heavy atom. The van der Waals surface area contributed by atoms with E-state index in [1.165, 1.54) is 12.5 Å². The molecule has 0 aliphatic carbocycles. The van der Waals surface area contributed by atoms with Crippen LogP contribution in [0.2, 0.25) is 0 Å². The van der Waals surface area contributed by atoms with E-state index in [-0.39, 0.29) is 24.6 Å². The quantitative estimate of drug-likeness (QED) is 0.329. The van der Waals surface area contributed by atoms with E-state index in [9.17, 15) is 4.79 Å². The number of hydrogen-bond donors (Lipinski definition) is 0. The average molecular weight is 449 g/mol. The van der Waals surface area contributed by atoms with E-state index in [2.05, 4.69) is 45.0 Å². The fraction of sp³-hybridized carbons (Fsp3) is 0.480. The molecule has 0 aliphatic heterocycles. The van der Waals surface area contributed by atoms with Crippen LogP contribution in [0.1, 0.15) is 38.8 Å². The summed E-state index contributed by atoms with van der Waals surface area (Å²) in [6, 6.07) is 16.2. The molecule has 2 aromatic rings. The van der Waals surface area contributed by atoms with E-state index in [1.807, 2.05) is 24.3 Å². The van der Waals surface area contributed by atoms with Gasteiger partial charge in [-0.25, -0.2) is 0 Å². The fourth-order valence-corrected chi connectivity index (χ4v) is 3.20. The van der Waals surface area contributed by atoms with E-state index < -0.39 is 6.10 Å². The molecule has 31 heavy (non-hydrogen) atoms. The van der Waals surface area contributed by atoms with Crippen molar-refractivity contribution in [1.29, 1.82) is 0 Å². The third kappa shape index (κ3) is 7.75. The standard InChI is InChI=1S/C25H33ClO5/c1-18(14-26)15-29-22-10-6-20(7-11-22)25(3,4)21-8-12-23(13-9-21)30-17-24(16-28-5)31-19(2)27/h6-13,18,24H,14-17H2,1-5H3. The molecular formula is C25H33ClO5. The van der Waals surface area contributed by atoms with Gasteiger partial charge in [-0.15, -0.1) is 11.6 Å². The predicted octanol–water partition coefficient (Wildman–Crippen LogP) is 5.22. The summed E-state index contributed by atoms with van der Waals surface area (Å²) in [5.41, 5.74) is 2.17. The molecule has 0 saturated carbocycles. The van der Waals surface area contributed by atoms with Gasteiger partial charge in [-0.3, -0.25) is 4.79 Å². The first-order valence-corrected chi connectivity index (χ1v) is 11.0. The van der Waals surface area contributed by atoms with Crippen molar-refractivity contribution in [3.05, 3.63) is 59.7 Å². The molecule has 0 saturated heterocycles. The summed E-state index contributed by atoms with van der Waals surface area (Å²) in [5, 5.41) is 0. The summed E-state index contributed by atoms with van der Waals surface area (Å²) < 4.78 is 21.8. The van der Waals surface area contributed by atoms with Crippen molar-refractivity contribution in [1.82, 2.24) is 0 Å². The van der Waals surface area contributed by atoms with Gasteiger partial charge in [-0.05, 0) is 35.4 Å². The van der Waals surface area contributed by atoms with Gasteiger partial charge in [0.25, 0.3) is 0 Å². The minimum atomic E-state index is -0.438. The smallest absolute Gasteiger partial charge is 0.303 e. The molecule has 2 aromatic carbocycles. The van der Waals surface area contributed by atoms with Crippen molar-refractivity contribution in [2.75, 3.05) is 32.8 Å². The molecule has 0 N–H and O–H groups in total. The van der Waals surface area contributed by atoms with Crippen molar-refractivity contribution >= 4 is 17.6 Å². The summed E-state index contributed by atoms with van der Waals surface area (Å²) in [6.45, 7) is 8.93. The lowest BCUT2D eigenvalue weighted by molar-refractivity contribution is -0.150. The number of rotatable bonds is 12. The van der Waals surface area contributed by atoms with E-state index in [4.69, 9.17) is 30.5 Å². The largest absolute Gasteiger partial charge is 0.493 e. The number of esters is 1. The monoisotopic (exact) mass is 448 g/mol. The van der Waals surface area contributed by atoms with Gasteiger partial charge in [-0.2, -0.15) is 0 Å². The molecule has 170 valence electrons. The molecular weight excluding hydrogens is 416 g/mol. The Morgan fingerprint density at radius 1 is 0.903 bits per heavy atom. The van der Waals surface area contributed by atoms with Crippen molar-refractivity contribution in [2.24, 2.45) is 5.92 Å². The van der Waals surface area contributed by atoms with Crippen LogP contribution in [0.5, 0.6) is 11.5 Å². The predicted molar refractivity (Wildman–Crippen MR) is 123 cm³/mol. The average Bonchev–Trinajstić information content (AvgIpc) is 2.76. The molecule has 0 spiro atoms. The zero-order valence-electron chi connectivity index (χ0n) is 19.0. The molecule has 0 aliphatic rings. The number of benzene rings is 2. The van der Waals surface area contributed by atoms with Crippen LogP contribution in [0.15, 0.2) is 48.5 Å². The van der Waals surface area contributed by atoms with Crippen LogP contribution in [0.25, 0.3) is 0 Å². The number of hydrogen-bond acceptors (Lipinski definition) is 5. The number of halogens is 1. The molecule has 2 atom stereocenters. The Kier molecular flexibility index (Phi) is 9.66. The second-order valence-electron chi connectivity index (χ2n) is 8.24. The highest BCUT2D eigenvalue weighted by molar-refractivity contribution is 6.18. The number of carbonyl (C=O) groups is 1. The zero-order valence-corrected chi connectivity index (χ0v) is 19.8. The lowest BCUT2D eigenvalue weighted by Crippen LogP contribution is -2.28. The highest BCUT2D eigenvalue weighted by Crippen LogP contribution is 2.33. The van der Waals surface area contributed by atoms with E-state index in [0.717, 1.165) is 11.3 Å². The van der Waals surface area contributed by atoms with Crippen molar-refractivity contribution in [2.45, 2.75) is 39.2 Å². The molecule has 2 rings (SSSR count). The second-order valence-corrected chi connectivity index (χ2v) is 8.55. The Hall–Kier alpha value is -2.24. The van der Waals surface area contributed by atoms with Crippen LogP contribution < -0.4 is 9.47 Å². The van der Waals surface area contributed by atoms with Crippen LogP contribution in [0, 0.1) is 5.92 Å². The van der Waals surface area contributed by atoms with Crippen LogP contribution in [-0.4, -0.2) is 44.9 Å². The molecule has 5 nitrogen and oxygen atoms in total. The van der Waals surface area contributed by atoms with Crippen LogP contribution in [0.3, 0.4) is 0 Å².